The minimum Gasteiger partial charge on any atom is -0.475 e. The van der Waals surface area contributed by atoms with E-state index in [4.69, 9.17) is 9.52 Å². The van der Waals surface area contributed by atoms with Gasteiger partial charge in [-0.15, -0.1) is 0 Å². The van der Waals surface area contributed by atoms with Gasteiger partial charge in [0.1, 0.15) is 0 Å². The van der Waals surface area contributed by atoms with Crippen LogP contribution in [0.25, 0.3) is 11.1 Å². The van der Waals surface area contributed by atoms with Crippen molar-refractivity contribution >= 4 is 11.7 Å². The summed E-state index contributed by atoms with van der Waals surface area (Å²) in [6, 6.07) is 18.1. The first-order chi connectivity index (χ1) is 12.1. The zero-order valence-electron chi connectivity index (χ0n) is 14.3. The predicted molar refractivity (Wildman–Crippen MR) is 99.0 cm³/mol. The lowest BCUT2D eigenvalue weighted by molar-refractivity contribution is 0.0663. The topological polar surface area (TPSA) is 62.5 Å². The molecule has 0 saturated carbocycles. The van der Waals surface area contributed by atoms with Crippen molar-refractivity contribution in [3.8, 4) is 11.1 Å². The van der Waals surface area contributed by atoms with Crippen LogP contribution in [0.4, 0.5) is 5.69 Å². The molecular weight excluding hydrogens is 314 g/mol. The molecule has 1 atom stereocenters. The highest BCUT2D eigenvalue weighted by Crippen LogP contribution is 2.27. The summed E-state index contributed by atoms with van der Waals surface area (Å²) >= 11 is 0. The second-order valence-electron chi connectivity index (χ2n) is 6.01. The van der Waals surface area contributed by atoms with Crippen LogP contribution in [-0.2, 0) is 6.42 Å². The summed E-state index contributed by atoms with van der Waals surface area (Å²) in [6.07, 6.45) is 2.43. The molecule has 0 spiro atoms. The Morgan fingerprint density at radius 1 is 1.08 bits per heavy atom. The maximum absolute atomic E-state index is 11.2. The first-order valence-electron chi connectivity index (χ1n) is 8.35. The first kappa shape index (κ1) is 16.8. The quantitative estimate of drug-likeness (QED) is 0.635. The molecule has 2 N–H and O–H groups in total. The van der Waals surface area contributed by atoms with Crippen LogP contribution in [-0.4, -0.2) is 11.1 Å². The van der Waals surface area contributed by atoms with Gasteiger partial charge in [-0.25, -0.2) is 4.79 Å². The van der Waals surface area contributed by atoms with Crippen molar-refractivity contribution in [2.45, 2.75) is 26.3 Å². The molecule has 25 heavy (non-hydrogen) atoms. The Balaban J connectivity index is 1.73. The minimum atomic E-state index is -1.06. The lowest BCUT2D eigenvalue weighted by atomic mass is 10.0. The number of benzene rings is 2. The molecule has 1 aromatic heterocycles. The third-order valence-corrected chi connectivity index (χ3v) is 4.33. The fourth-order valence-electron chi connectivity index (χ4n) is 2.82. The normalized spacial score (nSPS) is 11.9. The van der Waals surface area contributed by atoms with Crippen molar-refractivity contribution in [3.63, 3.8) is 0 Å². The van der Waals surface area contributed by atoms with E-state index in [1.54, 1.807) is 6.07 Å². The summed E-state index contributed by atoms with van der Waals surface area (Å²) in [5, 5.41) is 12.6. The van der Waals surface area contributed by atoms with Gasteiger partial charge in [-0.1, -0.05) is 43.3 Å². The summed E-state index contributed by atoms with van der Waals surface area (Å²) < 4.78 is 5.04. The Hall–Kier alpha value is -3.01. The van der Waals surface area contributed by atoms with Gasteiger partial charge in [0.05, 0.1) is 6.26 Å². The first-order valence-corrected chi connectivity index (χ1v) is 8.35. The molecule has 0 fully saturated rings. The fourth-order valence-corrected chi connectivity index (χ4v) is 2.82. The fraction of sp³-hybridized carbons (Fsp3) is 0.190. The summed E-state index contributed by atoms with van der Waals surface area (Å²) in [5.41, 5.74) is 4.94. The lowest BCUT2D eigenvalue weighted by Gasteiger charge is -2.16. The molecule has 0 aliphatic rings. The van der Waals surface area contributed by atoms with Crippen molar-refractivity contribution < 1.29 is 14.3 Å². The van der Waals surface area contributed by atoms with E-state index in [0.29, 0.717) is 5.56 Å². The maximum atomic E-state index is 11.2. The molecule has 0 aliphatic heterocycles. The molecular formula is C21H21NO3. The van der Waals surface area contributed by atoms with Crippen LogP contribution in [0.5, 0.6) is 0 Å². The van der Waals surface area contributed by atoms with Gasteiger partial charge < -0.3 is 14.8 Å². The molecule has 0 radical (unpaired) electrons. The van der Waals surface area contributed by atoms with E-state index in [0.717, 1.165) is 17.7 Å². The Morgan fingerprint density at radius 3 is 2.36 bits per heavy atom. The van der Waals surface area contributed by atoms with E-state index in [9.17, 15) is 4.79 Å². The van der Waals surface area contributed by atoms with Gasteiger partial charge in [-0.2, -0.15) is 0 Å². The number of hydrogen-bond donors (Lipinski definition) is 2. The van der Waals surface area contributed by atoms with E-state index in [-0.39, 0.29) is 11.8 Å². The lowest BCUT2D eigenvalue weighted by Crippen LogP contribution is -2.06. The Bertz CT molecular complexity index is 848. The number of furan rings is 1. The smallest absolute Gasteiger partial charge is 0.372 e. The number of carboxylic acids is 1. The van der Waals surface area contributed by atoms with Crippen molar-refractivity contribution in [1.29, 1.82) is 0 Å². The molecule has 0 amide bonds. The van der Waals surface area contributed by atoms with Crippen molar-refractivity contribution in [1.82, 2.24) is 0 Å². The van der Waals surface area contributed by atoms with Crippen LogP contribution < -0.4 is 5.32 Å². The molecule has 4 heteroatoms. The van der Waals surface area contributed by atoms with Gasteiger partial charge in [0.2, 0.25) is 5.76 Å². The number of carboxylic acid groups (broad SMARTS) is 1. The average molecular weight is 335 g/mol. The SMILES string of the molecule is CCc1ccc([C@H](C)Nc2ccc(-c3ccoc3C(=O)O)cc2)cc1. The molecule has 0 bridgehead atoms. The van der Waals surface area contributed by atoms with Gasteiger partial charge in [-0.05, 0) is 48.2 Å². The molecule has 0 unspecified atom stereocenters. The highest BCUT2D eigenvalue weighted by molar-refractivity contribution is 5.93. The Labute approximate surface area is 147 Å². The Morgan fingerprint density at radius 2 is 1.76 bits per heavy atom. The number of carbonyl (C=O) groups is 1. The van der Waals surface area contributed by atoms with Crippen LogP contribution >= 0.6 is 0 Å². The van der Waals surface area contributed by atoms with Crippen LogP contribution in [0.1, 0.15) is 41.6 Å². The van der Waals surface area contributed by atoms with Crippen molar-refractivity contribution in [2.24, 2.45) is 0 Å². The zero-order valence-corrected chi connectivity index (χ0v) is 14.3. The van der Waals surface area contributed by atoms with Crippen molar-refractivity contribution in [2.75, 3.05) is 5.32 Å². The largest absolute Gasteiger partial charge is 0.475 e. The second kappa shape index (κ2) is 7.26. The number of nitrogens with one attached hydrogen (secondary N) is 1. The van der Waals surface area contributed by atoms with Crippen LogP contribution in [0, 0.1) is 0 Å². The van der Waals surface area contributed by atoms with Gasteiger partial charge >= 0.3 is 5.97 Å². The second-order valence-corrected chi connectivity index (χ2v) is 6.01. The minimum absolute atomic E-state index is 0.0370. The van der Waals surface area contributed by atoms with Gasteiger partial charge in [0.25, 0.3) is 0 Å². The third kappa shape index (κ3) is 3.74. The third-order valence-electron chi connectivity index (χ3n) is 4.33. The van der Waals surface area contributed by atoms with Crippen molar-refractivity contribution in [3.05, 3.63) is 77.7 Å². The standard InChI is InChI=1S/C21H21NO3/c1-3-15-4-6-16(7-5-15)14(2)22-18-10-8-17(9-11-18)19-12-13-25-20(19)21(23)24/h4-14,22H,3H2,1-2H3,(H,23,24)/t14-/m0/s1. The molecule has 1 heterocycles. The van der Waals surface area contributed by atoms with E-state index >= 15 is 0 Å². The summed E-state index contributed by atoms with van der Waals surface area (Å²) in [7, 11) is 0. The van der Waals surface area contributed by atoms with Crippen LogP contribution in [0.15, 0.2) is 65.3 Å². The Kier molecular flexibility index (Phi) is 4.89. The summed E-state index contributed by atoms with van der Waals surface area (Å²) in [6.45, 7) is 4.27. The zero-order chi connectivity index (χ0) is 17.8. The van der Waals surface area contributed by atoms with E-state index in [2.05, 4.69) is 43.4 Å². The van der Waals surface area contributed by atoms with Gasteiger partial charge in [-0.3, -0.25) is 0 Å². The molecule has 3 rings (SSSR count). The number of rotatable bonds is 6. The predicted octanol–water partition coefficient (Wildman–Crippen LogP) is 5.38. The molecule has 3 aromatic rings. The number of anilines is 1. The highest BCUT2D eigenvalue weighted by atomic mass is 16.4. The van der Waals surface area contributed by atoms with E-state index in [1.165, 1.54) is 17.4 Å². The summed E-state index contributed by atoms with van der Waals surface area (Å²) in [4.78, 5) is 11.2. The molecule has 2 aromatic carbocycles. The monoisotopic (exact) mass is 335 g/mol. The van der Waals surface area contributed by atoms with Gasteiger partial charge in [0.15, 0.2) is 0 Å². The van der Waals surface area contributed by atoms with Crippen LogP contribution in [0.3, 0.4) is 0 Å². The molecule has 0 saturated heterocycles. The molecule has 128 valence electrons. The number of aryl methyl sites for hydroxylation is 1. The summed E-state index contributed by atoms with van der Waals surface area (Å²) in [5.74, 6) is -1.10. The van der Waals surface area contributed by atoms with E-state index < -0.39 is 5.97 Å². The number of aromatic carboxylic acids is 1. The van der Waals surface area contributed by atoms with Gasteiger partial charge in [0, 0.05) is 17.3 Å². The number of hydrogen-bond acceptors (Lipinski definition) is 3. The molecule has 0 aliphatic carbocycles. The maximum Gasteiger partial charge on any atom is 0.372 e. The molecule has 4 nitrogen and oxygen atoms in total. The average Bonchev–Trinajstić information content (AvgIpc) is 3.12. The van der Waals surface area contributed by atoms with Crippen LogP contribution in [0.2, 0.25) is 0 Å². The van der Waals surface area contributed by atoms with E-state index in [1.807, 2.05) is 24.3 Å². The highest BCUT2D eigenvalue weighted by Gasteiger charge is 2.15.